The Balaban J connectivity index is 1.79. The molecule has 0 fully saturated rings. The molecule has 0 aliphatic carbocycles. The molecule has 6 nitrogen and oxygen atoms in total. The average molecular weight is 268 g/mol. The number of rotatable bonds is 2. The van der Waals surface area contributed by atoms with Crippen molar-refractivity contribution in [1.29, 1.82) is 5.26 Å². The van der Waals surface area contributed by atoms with Crippen LogP contribution in [0, 0.1) is 11.3 Å². The monoisotopic (exact) mass is 268 g/mol. The summed E-state index contributed by atoms with van der Waals surface area (Å²) in [6, 6.07) is 8.71. The van der Waals surface area contributed by atoms with Crippen LogP contribution in [0.15, 0.2) is 24.3 Å². The molecule has 3 rings (SSSR count). The predicted molar refractivity (Wildman–Crippen MR) is 71.1 cm³/mol. The van der Waals surface area contributed by atoms with E-state index < -0.39 is 0 Å². The number of aromatic nitrogens is 2. The van der Waals surface area contributed by atoms with Gasteiger partial charge in [-0.05, 0) is 24.3 Å². The number of ether oxygens (including phenoxy) is 1. The van der Waals surface area contributed by atoms with E-state index in [2.05, 4.69) is 15.5 Å². The van der Waals surface area contributed by atoms with Crippen molar-refractivity contribution in [3.05, 3.63) is 46.8 Å². The lowest BCUT2D eigenvalue weighted by atomic mass is 10.1. The fourth-order valence-corrected chi connectivity index (χ4v) is 2.12. The van der Waals surface area contributed by atoms with Crippen molar-refractivity contribution >= 4 is 11.6 Å². The minimum atomic E-state index is -0.280. The second-order valence-electron chi connectivity index (χ2n) is 4.48. The van der Waals surface area contributed by atoms with Gasteiger partial charge in [0.05, 0.1) is 24.8 Å². The maximum Gasteiger partial charge on any atom is 0.276 e. The summed E-state index contributed by atoms with van der Waals surface area (Å²) in [5, 5.41) is 18.4. The predicted octanol–water partition coefficient (Wildman–Crippen LogP) is 1.61. The van der Waals surface area contributed by atoms with E-state index in [1.165, 1.54) is 0 Å². The van der Waals surface area contributed by atoms with Gasteiger partial charge in [-0.3, -0.25) is 9.89 Å². The lowest BCUT2D eigenvalue weighted by Gasteiger charge is -2.12. The molecular weight excluding hydrogens is 256 g/mol. The molecule has 1 aliphatic rings. The van der Waals surface area contributed by atoms with Gasteiger partial charge in [-0.2, -0.15) is 10.4 Å². The summed E-state index contributed by atoms with van der Waals surface area (Å²) in [4.78, 5) is 12.2. The zero-order chi connectivity index (χ0) is 13.9. The average Bonchev–Trinajstić information content (AvgIpc) is 2.92. The fourth-order valence-electron chi connectivity index (χ4n) is 2.12. The second-order valence-corrected chi connectivity index (χ2v) is 4.48. The number of hydrogen-bond acceptors (Lipinski definition) is 4. The van der Waals surface area contributed by atoms with E-state index in [1.54, 1.807) is 24.3 Å². The molecule has 0 spiro atoms. The number of benzene rings is 1. The highest BCUT2D eigenvalue weighted by molar-refractivity contribution is 6.04. The van der Waals surface area contributed by atoms with Gasteiger partial charge < -0.3 is 10.1 Å². The zero-order valence-corrected chi connectivity index (χ0v) is 10.6. The molecule has 2 N–H and O–H groups in total. The van der Waals surface area contributed by atoms with Gasteiger partial charge in [-0.15, -0.1) is 0 Å². The summed E-state index contributed by atoms with van der Waals surface area (Å²) in [6.07, 6.45) is 0.743. The van der Waals surface area contributed by atoms with E-state index in [0.717, 1.165) is 17.7 Å². The lowest BCUT2D eigenvalue weighted by molar-refractivity contribution is 0.0985. The second kappa shape index (κ2) is 5.15. The van der Waals surface area contributed by atoms with Gasteiger partial charge >= 0.3 is 0 Å². The first kappa shape index (κ1) is 12.4. The number of nitriles is 1. The van der Waals surface area contributed by atoms with Gasteiger partial charge in [0.25, 0.3) is 5.91 Å². The van der Waals surface area contributed by atoms with Crippen LogP contribution in [0.25, 0.3) is 0 Å². The van der Waals surface area contributed by atoms with Gasteiger partial charge in [0.1, 0.15) is 0 Å². The molecule has 1 aromatic heterocycles. The minimum Gasteiger partial charge on any atom is -0.376 e. The van der Waals surface area contributed by atoms with Gasteiger partial charge in [-0.25, -0.2) is 0 Å². The van der Waals surface area contributed by atoms with E-state index in [4.69, 9.17) is 10.00 Å². The van der Waals surface area contributed by atoms with Crippen LogP contribution >= 0.6 is 0 Å². The van der Waals surface area contributed by atoms with Crippen molar-refractivity contribution in [2.45, 2.75) is 13.0 Å². The molecule has 6 heteroatoms. The van der Waals surface area contributed by atoms with Crippen LogP contribution in [0.1, 0.15) is 27.3 Å². The molecule has 0 saturated carbocycles. The van der Waals surface area contributed by atoms with Crippen LogP contribution in [0.4, 0.5) is 5.69 Å². The zero-order valence-electron chi connectivity index (χ0n) is 10.6. The molecule has 0 atom stereocenters. The number of anilines is 1. The summed E-state index contributed by atoms with van der Waals surface area (Å²) in [6.45, 7) is 1.05. The molecule has 0 bridgehead atoms. The summed E-state index contributed by atoms with van der Waals surface area (Å²) in [7, 11) is 0. The molecular formula is C14H12N4O2. The Labute approximate surface area is 115 Å². The third kappa shape index (κ3) is 2.27. The third-order valence-corrected chi connectivity index (χ3v) is 3.18. The van der Waals surface area contributed by atoms with Crippen LogP contribution in [0.5, 0.6) is 0 Å². The molecule has 1 aromatic carbocycles. The smallest absolute Gasteiger partial charge is 0.276 e. The summed E-state index contributed by atoms with van der Waals surface area (Å²) in [5.74, 6) is -0.280. The number of nitrogens with one attached hydrogen (secondary N) is 2. The number of carbonyl (C=O) groups excluding carboxylic acids is 1. The number of hydrogen-bond donors (Lipinski definition) is 2. The van der Waals surface area contributed by atoms with Gasteiger partial charge in [0, 0.05) is 23.4 Å². The van der Waals surface area contributed by atoms with Crippen molar-refractivity contribution < 1.29 is 9.53 Å². The largest absolute Gasteiger partial charge is 0.376 e. The number of aromatic amines is 1. The number of amides is 1. The third-order valence-electron chi connectivity index (χ3n) is 3.18. The molecule has 100 valence electrons. The van der Waals surface area contributed by atoms with E-state index in [1.807, 2.05) is 6.07 Å². The molecule has 0 unspecified atom stereocenters. The number of H-pyrrole nitrogens is 1. The highest BCUT2D eigenvalue weighted by atomic mass is 16.5. The Morgan fingerprint density at radius 1 is 1.40 bits per heavy atom. The molecule has 20 heavy (non-hydrogen) atoms. The molecule has 1 amide bonds. The van der Waals surface area contributed by atoms with E-state index >= 15 is 0 Å². The first-order valence-electron chi connectivity index (χ1n) is 6.23. The highest BCUT2D eigenvalue weighted by Crippen LogP contribution is 2.19. The van der Waals surface area contributed by atoms with Crippen LogP contribution in [0.2, 0.25) is 0 Å². The van der Waals surface area contributed by atoms with E-state index in [-0.39, 0.29) is 5.91 Å². The van der Waals surface area contributed by atoms with Crippen molar-refractivity contribution in [3.8, 4) is 6.07 Å². The van der Waals surface area contributed by atoms with Crippen LogP contribution in [-0.4, -0.2) is 22.7 Å². The number of fused-ring (bicyclic) bond motifs is 1. The summed E-state index contributed by atoms with van der Waals surface area (Å²) in [5.41, 5.74) is 3.32. The fraction of sp³-hybridized carbons (Fsp3) is 0.214. The van der Waals surface area contributed by atoms with Crippen molar-refractivity contribution in [1.82, 2.24) is 10.2 Å². The Hall–Kier alpha value is -2.65. The van der Waals surface area contributed by atoms with Gasteiger partial charge in [0.15, 0.2) is 5.69 Å². The quantitative estimate of drug-likeness (QED) is 0.865. The standard InChI is InChI=1S/C14H12N4O2/c15-7-9-1-3-10(4-2-9)16-14(19)13-11-8-20-6-5-12(11)17-18-13/h1-4H,5-6,8H2,(H,16,19)(H,17,18). The SMILES string of the molecule is N#Cc1ccc(NC(=O)c2n[nH]c3c2COCC3)cc1. The topological polar surface area (TPSA) is 90.8 Å². The highest BCUT2D eigenvalue weighted by Gasteiger charge is 2.22. The van der Waals surface area contributed by atoms with Crippen LogP contribution in [-0.2, 0) is 17.8 Å². The summed E-state index contributed by atoms with van der Waals surface area (Å²) < 4.78 is 5.35. The lowest BCUT2D eigenvalue weighted by Crippen LogP contribution is -2.17. The molecule has 2 aromatic rings. The van der Waals surface area contributed by atoms with E-state index in [0.29, 0.717) is 30.2 Å². The maximum atomic E-state index is 12.2. The first-order valence-corrected chi connectivity index (χ1v) is 6.23. The van der Waals surface area contributed by atoms with Crippen LogP contribution in [0.3, 0.4) is 0 Å². The van der Waals surface area contributed by atoms with Crippen LogP contribution < -0.4 is 5.32 Å². The van der Waals surface area contributed by atoms with Gasteiger partial charge in [-0.1, -0.05) is 0 Å². The normalized spacial score (nSPS) is 13.3. The molecule has 0 radical (unpaired) electrons. The van der Waals surface area contributed by atoms with E-state index in [9.17, 15) is 4.79 Å². The Morgan fingerprint density at radius 2 is 2.20 bits per heavy atom. The Morgan fingerprint density at radius 3 is 2.95 bits per heavy atom. The van der Waals surface area contributed by atoms with Crippen molar-refractivity contribution in [3.63, 3.8) is 0 Å². The van der Waals surface area contributed by atoms with Gasteiger partial charge in [0.2, 0.25) is 0 Å². The number of nitrogens with zero attached hydrogens (tertiary/aromatic N) is 2. The first-order chi connectivity index (χ1) is 9.78. The van der Waals surface area contributed by atoms with Crippen molar-refractivity contribution in [2.75, 3.05) is 11.9 Å². The van der Waals surface area contributed by atoms with Crippen molar-refractivity contribution in [2.24, 2.45) is 0 Å². The maximum absolute atomic E-state index is 12.2. The molecule has 0 saturated heterocycles. The molecule has 1 aliphatic heterocycles. The minimum absolute atomic E-state index is 0.280. The molecule has 2 heterocycles. The summed E-state index contributed by atoms with van der Waals surface area (Å²) >= 11 is 0. The number of carbonyl (C=O) groups is 1. The Kier molecular flexibility index (Phi) is 3.19. The Bertz CT molecular complexity index is 682.